The first kappa shape index (κ1) is 20.3. The zero-order valence-corrected chi connectivity index (χ0v) is 17.0. The van der Waals surface area contributed by atoms with E-state index in [9.17, 15) is 5.11 Å². The van der Waals surface area contributed by atoms with Gasteiger partial charge in [0.2, 0.25) is 0 Å². The summed E-state index contributed by atoms with van der Waals surface area (Å²) in [6, 6.07) is 10.7. The molecule has 1 aliphatic carbocycles. The van der Waals surface area contributed by atoms with Crippen LogP contribution >= 0.6 is 24.0 Å². The van der Waals surface area contributed by atoms with Crippen LogP contribution in [0.25, 0.3) is 11.1 Å². The molecule has 27 heavy (non-hydrogen) atoms. The Bertz CT molecular complexity index is 812. The molecule has 0 amide bonds. The molecule has 2 aromatic carbocycles. The summed E-state index contributed by atoms with van der Waals surface area (Å²) in [5.74, 6) is 1.31. The topological polar surface area (TPSA) is 41.9 Å². The summed E-state index contributed by atoms with van der Waals surface area (Å²) >= 11 is 5.70. The van der Waals surface area contributed by atoms with E-state index in [-0.39, 0.29) is 18.2 Å². The van der Waals surface area contributed by atoms with E-state index in [0.717, 1.165) is 37.1 Å². The zero-order valence-electron chi connectivity index (χ0n) is 15.4. The van der Waals surface area contributed by atoms with E-state index in [1.165, 1.54) is 16.7 Å². The maximum Gasteiger partial charge on any atom is 0.165 e. The van der Waals surface area contributed by atoms with Crippen LogP contribution in [0.15, 0.2) is 30.3 Å². The van der Waals surface area contributed by atoms with Crippen LogP contribution in [0.2, 0.25) is 0 Å². The van der Waals surface area contributed by atoms with E-state index in [4.69, 9.17) is 21.1 Å². The lowest BCUT2D eigenvalue weighted by Crippen LogP contribution is -2.40. The highest BCUT2D eigenvalue weighted by Crippen LogP contribution is 2.50. The summed E-state index contributed by atoms with van der Waals surface area (Å²) < 4.78 is 10.9. The number of methoxy groups -OCH3 is 1. The van der Waals surface area contributed by atoms with Crippen molar-refractivity contribution in [3.63, 3.8) is 0 Å². The third-order valence-electron chi connectivity index (χ3n) is 5.51. The molecule has 0 saturated carbocycles. The lowest BCUT2D eigenvalue weighted by atomic mass is 9.76. The number of ether oxygens (including phenoxy) is 2. The first-order chi connectivity index (χ1) is 12.7. The van der Waals surface area contributed by atoms with Gasteiger partial charge in [-0.1, -0.05) is 24.3 Å². The van der Waals surface area contributed by atoms with Crippen molar-refractivity contribution in [3.05, 3.63) is 47.0 Å². The third kappa shape index (κ3) is 3.64. The summed E-state index contributed by atoms with van der Waals surface area (Å²) in [5.41, 5.74) is 5.98. The SMILES string of the molecule is COc1ccc2c(c1O)-c1cccc3c1C(C2)N(CCOCCCl)CC3.Cl. The van der Waals surface area contributed by atoms with Crippen LogP contribution < -0.4 is 4.74 Å². The van der Waals surface area contributed by atoms with Crippen LogP contribution in [0.1, 0.15) is 22.7 Å². The molecule has 0 spiro atoms. The highest BCUT2D eigenvalue weighted by molar-refractivity contribution is 6.17. The van der Waals surface area contributed by atoms with Gasteiger partial charge in [-0.05, 0) is 41.2 Å². The van der Waals surface area contributed by atoms with Gasteiger partial charge in [0.05, 0.1) is 20.3 Å². The molecule has 0 radical (unpaired) electrons. The van der Waals surface area contributed by atoms with Crippen LogP contribution in [0.4, 0.5) is 0 Å². The molecule has 1 unspecified atom stereocenters. The molecule has 1 heterocycles. The highest BCUT2D eigenvalue weighted by Gasteiger charge is 2.35. The van der Waals surface area contributed by atoms with Crippen LogP contribution in [0, 0.1) is 0 Å². The second-order valence-electron chi connectivity index (χ2n) is 6.84. The molecule has 4 rings (SSSR count). The predicted octanol–water partition coefficient (Wildman–Crippen LogP) is 4.20. The predicted molar refractivity (Wildman–Crippen MR) is 111 cm³/mol. The van der Waals surface area contributed by atoms with E-state index in [0.29, 0.717) is 30.9 Å². The molecule has 0 saturated heterocycles. The standard InChI is InChI=1S/C21H24ClNO3.ClH/c1-25-18-6-5-15-13-17-19-14(3-2-4-16(19)20(15)21(18)24)7-9-23(17)10-12-26-11-8-22;/h2-6,17,24H,7-13H2,1H3;1H. The molecular weight excluding hydrogens is 385 g/mol. The van der Waals surface area contributed by atoms with Crippen molar-refractivity contribution in [2.24, 2.45) is 0 Å². The number of rotatable bonds is 6. The van der Waals surface area contributed by atoms with Crippen LogP contribution in [-0.2, 0) is 17.6 Å². The second kappa shape index (κ2) is 8.70. The molecule has 0 aromatic heterocycles. The van der Waals surface area contributed by atoms with Gasteiger partial charge >= 0.3 is 0 Å². The monoisotopic (exact) mass is 409 g/mol. The van der Waals surface area contributed by atoms with E-state index in [1.54, 1.807) is 7.11 Å². The molecule has 0 fully saturated rings. The minimum atomic E-state index is 0. The third-order valence-corrected chi connectivity index (χ3v) is 5.67. The summed E-state index contributed by atoms with van der Waals surface area (Å²) in [7, 11) is 1.59. The molecule has 0 bridgehead atoms. The quantitative estimate of drug-likeness (QED) is 0.573. The molecule has 1 atom stereocenters. The molecule has 1 N–H and O–H groups in total. The van der Waals surface area contributed by atoms with Gasteiger partial charge in [0.25, 0.3) is 0 Å². The first-order valence-electron chi connectivity index (χ1n) is 9.13. The average molecular weight is 410 g/mol. The van der Waals surface area contributed by atoms with E-state index >= 15 is 0 Å². The largest absolute Gasteiger partial charge is 0.504 e. The van der Waals surface area contributed by atoms with E-state index < -0.39 is 0 Å². The average Bonchev–Trinajstić information content (AvgIpc) is 2.67. The van der Waals surface area contributed by atoms with E-state index in [1.807, 2.05) is 6.07 Å². The van der Waals surface area contributed by atoms with Crippen molar-refractivity contribution in [1.82, 2.24) is 4.90 Å². The van der Waals surface area contributed by atoms with Crippen molar-refractivity contribution in [3.8, 4) is 22.6 Å². The minimum absolute atomic E-state index is 0. The number of hydrogen-bond acceptors (Lipinski definition) is 4. The maximum atomic E-state index is 10.7. The Labute approximate surface area is 171 Å². The fraction of sp³-hybridized carbons (Fsp3) is 0.429. The van der Waals surface area contributed by atoms with Gasteiger partial charge in [0.1, 0.15) is 0 Å². The molecule has 6 heteroatoms. The fourth-order valence-electron chi connectivity index (χ4n) is 4.34. The Kier molecular flexibility index (Phi) is 6.53. The Morgan fingerprint density at radius 3 is 2.81 bits per heavy atom. The molecule has 1 aliphatic heterocycles. The Balaban J connectivity index is 0.00000210. The number of hydrogen-bond donors (Lipinski definition) is 1. The fourth-order valence-corrected chi connectivity index (χ4v) is 4.45. The highest BCUT2D eigenvalue weighted by atomic mass is 35.5. The minimum Gasteiger partial charge on any atom is -0.504 e. The number of nitrogens with zero attached hydrogens (tertiary/aromatic N) is 1. The lowest BCUT2D eigenvalue weighted by molar-refractivity contribution is 0.0900. The smallest absolute Gasteiger partial charge is 0.165 e. The molecule has 2 aromatic rings. The van der Waals surface area contributed by atoms with Crippen molar-refractivity contribution in [2.45, 2.75) is 18.9 Å². The number of halogens is 2. The van der Waals surface area contributed by atoms with Gasteiger partial charge in [-0.25, -0.2) is 0 Å². The van der Waals surface area contributed by atoms with E-state index in [2.05, 4.69) is 29.2 Å². The van der Waals surface area contributed by atoms with Crippen LogP contribution in [0.5, 0.6) is 11.5 Å². The van der Waals surface area contributed by atoms with Gasteiger partial charge in [0.15, 0.2) is 11.5 Å². The van der Waals surface area contributed by atoms with Crippen molar-refractivity contribution in [2.75, 3.05) is 39.3 Å². The van der Waals surface area contributed by atoms with Crippen LogP contribution in [-0.4, -0.2) is 49.3 Å². The van der Waals surface area contributed by atoms with Gasteiger partial charge in [-0.15, -0.1) is 24.0 Å². The maximum absolute atomic E-state index is 10.7. The first-order valence-corrected chi connectivity index (χ1v) is 9.66. The molecular formula is C21H25Cl2NO3. The second-order valence-corrected chi connectivity index (χ2v) is 7.21. The summed E-state index contributed by atoms with van der Waals surface area (Å²) in [6.45, 7) is 3.22. The summed E-state index contributed by atoms with van der Waals surface area (Å²) in [4.78, 5) is 2.50. The summed E-state index contributed by atoms with van der Waals surface area (Å²) in [5, 5.41) is 10.7. The number of phenolic OH excluding ortho intramolecular Hbond substituents is 1. The van der Waals surface area contributed by atoms with Crippen LogP contribution in [0.3, 0.4) is 0 Å². The Morgan fingerprint density at radius 1 is 1.19 bits per heavy atom. The van der Waals surface area contributed by atoms with Gasteiger partial charge in [-0.3, -0.25) is 4.90 Å². The number of benzene rings is 2. The summed E-state index contributed by atoms with van der Waals surface area (Å²) in [6.07, 6.45) is 1.92. The van der Waals surface area contributed by atoms with Crippen molar-refractivity contribution >= 4 is 24.0 Å². The lowest BCUT2D eigenvalue weighted by Gasteiger charge is -2.41. The normalized spacial score (nSPS) is 17.6. The number of alkyl halides is 1. The Morgan fingerprint density at radius 2 is 2.04 bits per heavy atom. The van der Waals surface area contributed by atoms with Crippen molar-refractivity contribution < 1.29 is 14.6 Å². The number of phenols is 1. The Hall–Kier alpha value is -1.46. The number of fused-ring (bicyclic) bond motifs is 2. The molecule has 4 nitrogen and oxygen atoms in total. The van der Waals surface area contributed by atoms with Gasteiger partial charge in [0, 0.05) is 30.6 Å². The van der Waals surface area contributed by atoms with Gasteiger partial charge in [-0.2, -0.15) is 0 Å². The number of aromatic hydroxyl groups is 1. The zero-order chi connectivity index (χ0) is 18.1. The molecule has 146 valence electrons. The molecule has 2 aliphatic rings. The van der Waals surface area contributed by atoms with Crippen molar-refractivity contribution in [1.29, 1.82) is 0 Å². The van der Waals surface area contributed by atoms with Gasteiger partial charge < -0.3 is 14.6 Å².